The van der Waals surface area contributed by atoms with Gasteiger partial charge in [0.25, 0.3) is 5.91 Å². The summed E-state index contributed by atoms with van der Waals surface area (Å²) in [7, 11) is 0. The average Bonchev–Trinajstić information content (AvgIpc) is 2.56. The molecular formula is C8H11N3O2. The van der Waals surface area contributed by atoms with Crippen LogP contribution in [0.4, 0.5) is 0 Å². The van der Waals surface area contributed by atoms with Gasteiger partial charge in [0.05, 0.1) is 13.1 Å². The van der Waals surface area contributed by atoms with Crippen molar-refractivity contribution in [2.75, 3.05) is 19.8 Å². The van der Waals surface area contributed by atoms with Crippen LogP contribution in [0.15, 0.2) is 0 Å². The summed E-state index contributed by atoms with van der Waals surface area (Å²) in [6.07, 6.45) is 1.45. The maximum Gasteiger partial charge on any atom is 0.260 e. The van der Waals surface area contributed by atoms with Crippen LogP contribution >= 0.6 is 0 Å². The highest BCUT2D eigenvalue weighted by Crippen LogP contribution is 2.29. The average molecular weight is 181 g/mol. The predicted molar refractivity (Wildman–Crippen MR) is 43.2 cm³/mol. The second-order valence-electron chi connectivity index (χ2n) is 3.77. The highest BCUT2D eigenvalue weighted by Gasteiger charge is 2.50. The van der Waals surface area contributed by atoms with Gasteiger partial charge in [-0.1, -0.05) is 0 Å². The molecule has 0 bridgehead atoms. The number of β-lactam (4-membered cyclic amide) rings is 1. The lowest BCUT2D eigenvalue weighted by Crippen LogP contribution is -2.69. The zero-order valence-corrected chi connectivity index (χ0v) is 7.27. The molecule has 3 fully saturated rings. The molecule has 0 aromatic rings. The van der Waals surface area contributed by atoms with E-state index in [0.717, 1.165) is 19.5 Å². The Labute approximate surface area is 75.8 Å². The van der Waals surface area contributed by atoms with E-state index >= 15 is 0 Å². The maximum absolute atomic E-state index is 11.7. The van der Waals surface area contributed by atoms with Crippen molar-refractivity contribution in [1.29, 1.82) is 0 Å². The van der Waals surface area contributed by atoms with Gasteiger partial charge in [0.2, 0.25) is 5.91 Å². The minimum absolute atomic E-state index is 0.114. The van der Waals surface area contributed by atoms with Crippen LogP contribution in [0.25, 0.3) is 0 Å². The van der Waals surface area contributed by atoms with Gasteiger partial charge >= 0.3 is 0 Å². The fourth-order valence-corrected chi connectivity index (χ4v) is 2.26. The molecule has 3 saturated heterocycles. The number of carbonyl (C=O) groups is 2. The third-order valence-electron chi connectivity index (χ3n) is 3.05. The minimum Gasteiger partial charge on any atom is -0.315 e. The van der Waals surface area contributed by atoms with E-state index in [4.69, 9.17) is 0 Å². The molecule has 0 spiro atoms. The summed E-state index contributed by atoms with van der Waals surface area (Å²) in [6.45, 7) is 2.36. The Morgan fingerprint density at radius 3 is 2.85 bits per heavy atom. The molecule has 0 aromatic heterocycles. The summed E-state index contributed by atoms with van der Waals surface area (Å²) in [6, 6.07) is -0.137. The summed E-state index contributed by atoms with van der Waals surface area (Å²) in [4.78, 5) is 24.5. The highest BCUT2D eigenvalue weighted by molar-refractivity contribution is 5.97. The fraction of sp³-hybridized carbons (Fsp3) is 0.750. The zero-order valence-electron chi connectivity index (χ0n) is 7.27. The monoisotopic (exact) mass is 181 g/mol. The van der Waals surface area contributed by atoms with Crippen LogP contribution in [0.1, 0.15) is 12.8 Å². The van der Waals surface area contributed by atoms with Crippen LogP contribution in [0.5, 0.6) is 0 Å². The van der Waals surface area contributed by atoms with Crippen molar-refractivity contribution in [1.82, 2.24) is 14.9 Å². The SMILES string of the molecule is O=C1CC2C(=O)N3CCCN3CN12. The fourth-order valence-electron chi connectivity index (χ4n) is 2.26. The van der Waals surface area contributed by atoms with E-state index in [9.17, 15) is 9.59 Å². The third kappa shape index (κ3) is 0.798. The van der Waals surface area contributed by atoms with Gasteiger partial charge in [-0.05, 0) is 6.42 Å². The lowest BCUT2D eigenvalue weighted by molar-refractivity contribution is -0.187. The van der Waals surface area contributed by atoms with Gasteiger partial charge in [-0.2, -0.15) is 5.01 Å². The van der Waals surface area contributed by atoms with Gasteiger partial charge in [0.1, 0.15) is 6.04 Å². The number of amides is 2. The van der Waals surface area contributed by atoms with Crippen molar-refractivity contribution in [2.24, 2.45) is 0 Å². The molecule has 3 aliphatic rings. The molecule has 3 heterocycles. The van der Waals surface area contributed by atoms with E-state index in [1.807, 2.05) is 5.01 Å². The Kier molecular flexibility index (Phi) is 1.25. The standard InChI is InChI=1S/C8H11N3O2/c12-7-4-6-8(13)11-3-1-2-9(11)5-10(6)7/h6H,1-5H2. The minimum atomic E-state index is -0.137. The largest absolute Gasteiger partial charge is 0.315 e. The molecule has 3 rings (SSSR count). The molecule has 0 radical (unpaired) electrons. The van der Waals surface area contributed by atoms with Crippen molar-refractivity contribution in [3.05, 3.63) is 0 Å². The van der Waals surface area contributed by atoms with Crippen LogP contribution in [-0.2, 0) is 9.59 Å². The smallest absolute Gasteiger partial charge is 0.260 e. The summed E-state index contributed by atoms with van der Waals surface area (Å²) >= 11 is 0. The molecule has 70 valence electrons. The number of hydrogen-bond donors (Lipinski definition) is 0. The van der Waals surface area contributed by atoms with Crippen molar-refractivity contribution < 1.29 is 9.59 Å². The quantitative estimate of drug-likeness (QED) is 0.451. The number of hydrazine groups is 1. The van der Waals surface area contributed by atoms with E-state index in [0.29, 0.717) is 13.1 Å². The molecular weight excluding hydrogens is 170 g/mol. The van der Waals surface area contributed by atoms with E-state index < -0.39 is 0 Å². The predicted octanol–water partition coefficient (Wildman–Crippen LogP) is -0.992. The number of rotatable bonds is 0. The van der Waals surface area contributed by atoms with E-state index in [-0.39, 0.29) is 17.9 Å². The lowest BCUT2D eigenvalue weighted by atomic mass is 10.0. The van der Waals surface area contributed by atoms with Gasteiger partial charge in [-0.15, -0.1) is 0 Å². The van der Waals surface area contributed by atoms with Crippen LogP contribution in [0.3, 0.4) is 0 Å². The molecule has 5 heteroatoms. The normalized spacial score (nSPS) is 33.1. The number of nitrogens with zero attached hydrogens (tertiary/aromatic N) is 3. The Morgan fingerprint density at radius 2 is 2.08 bits per heavy atom. The summed E-state index contributed by atoms with van der Waals surface area (Å²) in [5, 5.41) is 3.77. The molecule has 5 nitrogen and oxygen atoms in total. The van der Waals surface area contributed by atoms with Crippen LogP contribution < -0.4 is 0 Å². The molecule has 0 aromatic carbocycles. The molecule has 0 saturated carbocycles. The molecule has 1 atom stereocenters. The van der Waals surface area contributed by atoms with Gasteiger partial charge in [-0.3, -0.25) is 14.6 Å². The Balaban J connectivity index is 1.87. The van der Waals surface area contributed by atoms with Crippen LogP contribution in [0, 0.1) is 0 Å². The first kappa shape index (κ1) is 7.32. The lowest BCUT2D eigenvalue weighted by Gasteiger charge is -2.49. The number of fused-ring (bicyclic) bond motifs is 2. The Morgan fingerprint density at radius 1 is 1.23 bits per heavy atom. The van der Waals surface area contributed by atoms with E-state index in [1.54, 1.807) is 9.91 Å². The summed E-state index contributed by atoms with van der Waals surface area (Å²) in [5.74, 6) is 0.230. The highest BCUT2D eigenvalue weighted by atomic mass is 16.2. The first-order valence-corrected chi connectivity index (χ1v) is 4.63. The summed E-state index contributed by atoms with van der Waals surface area (Å²) in [5.41, 5.74) is 0. The van der Waals surface area contributed by atoms with Gasteiger partial charge in [0, 0.05) is 13.1 Å². The number of carbonyl (C=O) groups excluding carboxylic acids is 2. The zero-order chi connectivity index (χ0) is 9.00. The third-order valence-corrected chi connectivity index (χ3v) is 3.05. The van der Waals surface area contributed by atoms with Gasteiger partial charge in [0.15, 0.2) is 0 Å². The van der Waals surface area contributed by atoms with Crippen molar-refractivity contribution >= 4 is 11.8 Å². The Hall–Kier alpha value is -1.10. The maximum atomic E-state index is 11.7. The topological polar surface area (TPSA) is 43.9 Å². The second kappa shape index (κ2) is 2.23. The van der Waals surface area contributed by atoms with Crippen LogP contribution in [0.2, 0.25) is 0 Å². The Bertz CT molecular complexity index is 291. The molecule has 1 unspecified atom stereocenters. The molecule has 2 amide bonds. The van der Waals surface area contributed by atoms with E-state index in [2.05, 4.69) is 0 Å². The van der Waals surface area contributed by atoms with Crippen molar-refractivity contribution in [3.8, 4) is 0 Å². The summed E-state index contributed by atoms with van der Waals surface area (Å²) < 4.78 is 0. The van der Waals surface area contributed by atoms with Crippen LogP contribution in [-0.4, -0.2) is 52.5 Å². The molecule has 3 aliphatic heterocycles. The first-order chi connectivity index (χ1) is 6.27. The first-order valence-electron chi connectivity index (χ1n) is 4.63. The molecule has 0 aliphatic carbocycles. The molecule has 13 heavy (non-hydrogen) atoms. The van der Waals surface area contributed by atoms with E-state index in [1.165, 1.54) is 0 Å². The van der Waals surface area contributed by atoms with Gasteiger partial charge < -0.3 is 4.90 Å². The van der Waals surface area contributed by atoms with Crippen molar-refractivity contribution in [2.45, 2.75) is 18.9 Å². The molecule has 0 N–H and O–H groups in total. The van der Waals surface area contributed by atoms with Gasteiger partial charge in [-0.25, -0.2) is 0 Å². The second-order valence-corrected chi connectivity index (χ2v) is 3.77. The van der Waals surface area contributed by atoms with Crippen molar-refractivity contribution in [3.63, 3.8) is 0 Å². The number of hydrogen-bond acceptors (Lipinski definition) is 3.